The van der Waals surface area contributed by atoms with Gasteiger partial charge in [-0.3, -0.25) is 0 Å². The number of nitrogens with zero attached hydrogens (tertiary/aromatic N) is 3. The Morgan fingerprint density at radius 1 is 1.11 bits per heavy atom. The third-order valence-electron chi connectivity index (χ3n) is 8.89. The number of benzene rings is 2. The largest absolute Gasteiger partial charge is 0.497 e. The Balaban J connectivity index is 1.51. The predicted molar refractivity (Wildman–Crippen MR) is 173 cm³/mol. The van der Waals surface area contributed by atoms with Crippen LogP contribution in [0.25, 0.3) is 16.4 Å². The van der Waals surface area contributed by atoms with E-state index in [0.29, 0.717) is 34.3 Å². The fraction of sp³-hybridized carbons (Fsp3) is 0.406. The van der Waals surface area contributed by atoms with Crippen LogP contribution in [0.4, 0.5) is 8.78 Å². The monoisotopic (exact) mass is 684 g/mol. The van der Waals surface area contributed by atoms with Crippen molar-refractivity contribution in [3.05, 3.63) is 75.9 Å². The highest BCUT2D eigenvalue weighted by Crippen LogP contribution is 2.39. The van der Waals surface area contributed by atoms with Crippen molar-refractivity contribution in [3.8, 4) is 16.4 Å². The van der Waals surface area contributed by atoms with Crippen molar-refractivity contribution < 1.29 is 36.0 Å². The van der Waals surface area contributed by atoms with Crippen LogP contribution in [0, 0.1) is 17.6 Å². The molecule has 0 unspecified atom stereocenters. The molecule has 1 aliphatic heterocycles. The Morgan fingerprint density at radius 3 is 2.43 bits per heavy atom. The molecule has 0 atom stereocenters. The van der Waals surface area contributed by atoms with Crippen LogP contribution in [0.2, 0.25) is 0 Å². The molecule has 2 aliphatic rings. The third kappa shape index (κ3) is 6.64. The zero-order chi connectivity index (χ0) is 33.9. The van der Waals surface area contributed by atoms with E-state index in [1.165, 1.54) is 23.5 Å². The molecular formula is C32H35BF2N4O6S2. The number of thiazole rings is 1. The van der Waals surface area contributed by atoms with E-state index >= 15 is 4.39 Å². The van der Waals surface area contributed by atoms with Gasteiger partial charge in [-0.25, -0.2) is 36.8 Å². The summed E-state index contributed by atoms with van der Waals surface area (Å²) in [7, 11) is -5.23. The normalized spacial score (nSPS) is 17.3. The van der Waals surface area contributed by atoms with Crippen molar-refractivity contribution in [2.24, 2.45) is 11.1 Å². The Bertz CT molecular complexity index is 1960. The molecule has 0 amide bonds. The summed E-state index contributed by atoms with van der Waals surface area (Å²) in [6.45, 7) is 9.46. The van der Waals surface area contributed by atoms with Crippen LogP contribution >= 0.6 is 11.3 Å². The van der Waals surface area contributed by atoms with E-state index in [4.69, 9.17) is 24.3 Å². The number of aromatic nitrogens is 3. The van der Waals surface area contributed by atoms with Crippen LogP contribution in [0.3, 0.4) is 0 Å². The molecule has 2 aromatic heterocycles. The maximum Gasteiger partial charge on any atom is 0.497 e. The molecular weight excluding hydrogens is 649 g/mol. The molecule has 3 heterocycles. The van der Waals surface area contributed by atoms with Gasteiger partial charge in [0.1, 0.15) is 16.5 Å². The van der Waals surface area contributed by atoms with E-state index in [-0.39, 0.29) is 24.2 Å². The van der Waals surface area contributed by atoms with Crippen molar-refractivity contribution in [1.29, 1.82) is 0 Å². The Kier molecular flexibility index (Phi) is 8.66. The topological polar surface area (TPSA) is 136 Å². The highest BCUT2D eigenvalue weighted by atomic mass is 32.2. The number of rotatable bonds is 10. The molecule has 1 aliphatic carbocycles. The first-order chi connectivity index (χ1) is 22.1. The zero-order valence-corrected chi connectivity index (χ0v) is 28.3. The lowest BCUT2D eigenvalue weighted by Gasteiger charge is -2.32. The lowest BCUT2D eigenvalue weighted by atomic mass is 9.77. The number of carbonyl (C=O) groups is 1. The molecule has 248 valence electrons. The molecule has 0 bridgehead atoms. The smallest absolute Gasteiger partial charge is 0.461 e. The molecule has 2 fully saturated rings. The van der Waals surface area contributed by atoms with Crippen molar-refractivity contribution in [2.75, 3.05) is 6.61 Å². The van der Waals surface area contributed by atoms with Crippen LogP contribution in [-0.2, 0) is 36.9 Å². The molecule has 10 nitrogen and oxygen atoms in total. The summed E-state index contributed by atoms with van der Waals surface area (Å²) in [5.74, 6) is -1.64. The molecule has 4 aromatic rings. The molecule has 2 N–H and O–H groups in total. The van der Waals surface area contributed by atoms with Gasteiger partial charge in [0.25, 0.3) is 0 Å². The number of sulfonamides is 1. The highest BCUT2D eigenvalue weighted by molar-refractivity contribution is 7.89. The molecule has 1 saturated heterocycles. The number of halogens is 2. The van der Waals surface area contributed by atoms with Crippen LogP contribution in [-0.4, -0.2) is 54.1 Å². The van der Waals surface area contributed by atoms with Crippen LogP contribution in [0.5, 0.6) is 0 Å². The molecule has 0 spiro atoms. The third-order valence-corrected chi connectivity index (χ3v) is 10.6. The van der Waals surface area contributed by atoms with E-state index in [1.807, 2.05) is 27.7 Å². The Labute approximate surface area is 276 Å². The summed E-state index contributed by atoms with van der Waals surface area (Å²) in [4.78, 5) is 16.4. The SMILES string of the molecule is CCOC(=O)c1csc(-n2nc(-c3ccc(F)c(B4OC(C)(C)C(C)(C)O4)c3)c(Cc3ccc(S(N)(=O)=O)c(F)c3)c2CC2CC2)n1. The zero-order valence-electron chi connectivity index (χ0n) is 26.7. The van der Waals surface area contributed by atoms with Gasteiger partial charge in [-0.15, -0.1) is 11.3 Å². The summed E-state index contributed by atoms with van der Waals surface area (Å²) in [5, 5.41) is 12.2. The standard InChI is InChI=1S/C32H35BF2N4O6S2/c1-6-43-29(40)25-17-46-30(37-25)39-26(15-18-7-8-18)21(13-19-9-12-27(24(35)14-19)47(36,41)42)28(38-39)20-10-11-23(34)22(16-20)33-44-31(2,3)32(4,5)45-33/h9-12,14,16-18H,6-8,13,15H2,1-5H3,(H2,36,41,42). The summed E-state index contributed by atoms with van der Waals surface area (Å²) >= 11 is 1.22. The molecule has 15 heteroatoms. The number of carbonyl (C=O) groups excluding carboxylic acids is 1. The summed E-state index contributed by atoms with van der Waals surface area (Å²) in [6, 6.07) is 8.38. The first-order valence-electron chi connectivity index (χ1n) is 15.3. The van der Waals surface area contributed by atoms with Gasteiger partial charge in [-0.05, 0) is 89.6 Å². The number of primary sulfonamides is 1. The molecule has 6 rings (SSSR count). The van der Waals surface area contributed by atoms with Gasteiger partial charge >= 0.3 is 13.1 Å². The van der Waals surface area contributed by atoms with E-state index < -0.39 is 50.8 Å². The Morgan fingerprint density at radius 2 is 1.81 bits per heavy atom. The predicted octanol–water partition coefficient (Wildman–Crippen LogP) is 4.94. The highest BCUT2D eigenvalue weighted by Gasteiger charge is 2.52. The van der Waals surface area contributed by atoms with Gasteiger partial charge in [0.15, 0.2) is 5.69 Å². The summed E-state index contributed by atoms with van der Waals surface area (Å²) in [5.41, 5.74) is 2.00. The van der Waals surface area contributed by atoms with Gasteiger partial charge in [-0.2, -0.15) is 5.10 Å². The lowest BCUT2D eigenvalue weighted by molar-refractivity contribution is 0.00578. The van der Waals surface area contributed by atoms with Crippen molar-refractivity contribution in [2.45, 2.75) is 76.4 Å². The van der Waals surface area contributed by atoms with Crippen molar-refractivity contribution in [3.63, 3.8) is 0 Å². The van der Waals surface area contributed by atoms with Gasteiger partial charge in [0, 0.05) is 28.4 Å². The van der Waals surface area contributed by atoms with Crippen LogP contribution in [0.15, 0.2) is 46.7 Å². The average molecular weight is 685 g/mol. The van der Waals surface area contributed by atoms with Gasteiger partial charge in [-0.1, -0.05) is 12.1 Å². The first kappa shape index (κ1) is 33.4. The second-order valence-corrected chi connectivity index (χ2v) is 15.2. The van der Waals surface area contributed by atoms with Crippen LogP contribution in [0.1, 0.15) is 74.8 Å². The maximum atomic E-state index is 15.4. The number of hydrogen-bond acceptors (Lipinski definition) is 9. The van der Waals surface area contributed by atoms with E-state index in [1.54, 1.807) is 29.1 Å². The number of hydrogen-bond donors (Lipinski definition) is 1. The van der Waals surface area contributed by atoms with Crippen molar-refractivity contribution >= 4 is 39.9 Å². The molecule has 47 heavy (non-hydrogen) atoms. The second-order valence-electron chi connectivity index (χ2n) is 12.9. The quantitative estimate of drug-likeness (QED) is 0.183. The maximum absolute atomic E-state index is 15.4. The fourth-order valence-electron chi connectivity index (χ4n) is 5.46. The van der Waals surface area contributed by atoms with Gasteiger partial charge in [0.05, 0.1) is 29.2 Å². The number of esters is 1. The second kappa shape index (κ2) is 12.2. The Hall–Kier alpha value is -3.50. The number of ether oxygens (including phenoxy) is 1. The average Bonchev–Trinajstić information content (AvgIpc) is 3.46. The minimum absolute atomic E-state index is 0.147. The lowest BCUT2D eigenvalue weighted by Crippen LogP contribution is -2.41. The van der Waals surface area contributed by atoms with Crippen molar-refractivity contribution in [1.82, 2.24) is 14.8 Å². The first-order valence-corrected chi connectivity index (χ1v) is 17.7. The van der Waals surface area contributed by atoms with E-state index in [9.17, 15) is 17.6 Å². The van der Waals surface area contributed by atoms with E-state index in [2.05, 4.69) is 4.98 Å². The van der Waals surface area contributed by atoms with Gasteiger partial charge in [0.2, 0.25) is 15.2 Å². The minimum atomic E-state index is -4.26. The molecule has 2 aromatic carbocycles. The fourth-order valence-corrected chi connectivity index (χ4v) is 6.81. The van der Waals surface area contributed by atoms with E-state index in [0.717, 1.165) is 36.2 Å². The van der Waals surface area contributed by atoms with Crippen LogP contribution < -0.4 is 10.6 Å². The van der Waals surface area contributed by atoms with Gasteiger partial charge < -0.3 is 14.0 Å². The molecule has 0 radical (unpaired) electrons. The minimum Gasteiger partial charge on any atom is -0.461 e. The summed E-state index contributed by atoms with van der Waals surface area (Å²) in [6.07, 6.45) is 2.83. The summed E-state index contributed by atoms with van der Waals surface area (Å²) < 4.78 is 73.3. The number of nitrogens with two attached hydrogens (primary N) is 1. The molecule has 1 saturated carbocycles.